The van der Waals surface area contributed by atoms with Gasteiger partial charge in [0.1, 0.15) is 0 Å². The number of nitrogens with one attached hydrogen (secondary N) is 1. The van der Waals surface area contributed by atoms with E-state index in [1.165, 1.54) is 4.57 Å². The quantitative estimate of drug-likeness (QED) is 0.571. The number of aromatic nitrogens is 4. The van der Waals surface area contributed by atoms with Gasteiger partial charge in [-0.3, -0.25) is 18.9 Å². The minimum atomic E-state index is -0.443. The van der Waals surface area contributed by atoms with Gasteiger partial charge in [-0.15, -0.1) is 0 Å². The van der Waals surface area contributed by atoms with Crippen LogP contribution in [0.3, 0.4) is 0 Å². The van der Waals surface area contributed by atoms with Crippen LogP contribution in [0.5, 0.6) is 0 Å². The van der Waals surface area contributed by atoms with Gasteiger partial charge in [0.05, 0.1) is 6.54 Å². The molecule has 3 heterocycles. The first-order valence-corrected chi connectivity index (χ1v) is 10.4. The SMILES string of the molecule is CC1CCN(c2nc3c(c(=O)[nH]c(=O)n3C)n2Cc2cccc3ccccc23)CC1. The summed E-state index contributed by atoms with van der Waals surface area (Å²) in [5.41, 5.74) is 1.15. The number of benzene rings is 2. The van der Waals surface area contributed by atoms with Crippen molar-refractivity contribution in [2.45, 2.75) is 26.3 Å². The zero-order valence-electron chi connectivity index (χ0n) is 17.3. The number of piperidine rings is 1. The number of aryl methyl sites for hydroxylation is 1. The van der Waals surface area contributed by atoms with Gasteiger partial charge in [0.15, 0.2) is 11.2 Å². The van der Waals surface area contributed by atoms with Crippen LogP contribution in [0.25, 0.3) is 21.9 Å². The van der Waals surface area contributed by atoms with Crippen molar-refractivity contribution in [3.8, 4) is 0 Å². The standard InChI is InChI=1S/C23H25N5O2/c1-15-10-12-27(13-11-15)22-24-20-19(21(29)25-23(30)26(20)2)28(22)14-17-8-5-7-16-6-3-4-9-18(16)17/h3-9,15H,10-14H2,1-2H3,(H,25,29,30). The van der Waals surface area contributed by atoms with Crippen molar-refractivity contribution in [2.24, 2.45) is 13.0 Å². The summed E-state index contributed by atoms with van der Waals surface area (Å²) >= 11 is 0. The highest BCUT2D eigenvalue weighted by Crippen LogP contribution is 2.27. The van der Waals surface area contributed by atoms with E-state index < -0.39 is 11.2 Å². The number of nitrogens with zero attached hydrogens (tertiary/aromatic N) is 4. The molecule has 1 aliphatic heterocycles. The highest BCUT2D eigenvalue weighted by Gasteiger charge is 2.24. The highest BCUT2D eigenvalue weighted by atomic mass is 16.2. The van der Waals surface area contributed by atoms with Gasteiger partial charge in [0.25, 0.3) is 5.56 Å². The van der Waals surface area contributed by atoms with Gasteiger partial charge >= 0.3 is 5.69 Å². The van der Waals surface area contributed by atoms with Gasteiger partial charge in [-0.2, -0.15) is 4.98 Å². The van der Waals surface area contributed by atoms with Crippen LogP contribution in [0.1, 0.15) is 25.3 Å². The predicted molar refractivity (Wildman–Crippen MR) is 119 cm³/mol. The molecule has 4 aromatic rings. The molecule has 0 amide bonds. The van der Waals surface area contributed by atoms with E-state index in [-0.39, 0.29) is 0 Å². The van der Waals surface area contributed by atoms with Gasteiger partial charge < -0.3 is 4.90 Å². The number of fused-ring (bicyclic) bond motifs is 2. The molecule has 1 N–H and O–H groups in total. The Hall–Kier alpha value is -3.35. The Morgan fingerprint density at radius 2 is 1.80 bits per heavy atom. The Balaban J connectivity index is 1.73. The zero-order chi connectivity index (χ0) is 20.8. The van der Waals surface area contributed by atoms with Crippen LogP contribution >= 0.6 is 0 Å². The lowest BCUT2D eigenvalue weighted by atomic mass is 10.00. The lowest BCUT2D eigenvalue weighted by molar-refractivity contribution is 0.432. The van der Waals surface area contributed by atoms with Gasteiger partial charge in [-0.25, -0.2) is 4.79 Å². The normalized spacial score (nSPS) is 15.3. The molecule has 0 spiro atoms. The van der Waals surface area contributed by atoms with Crippen LogP contribution in [0.15, 0.2) is 52.1 Å². The van der Waals surface area contributed by atoms with E-state index in [9.17, 15) is 9.59 Å². The third-order valence-corrected chi connectivity index (χ3v) is 6.26. The summed E-state index contributed by atoms with van der Waals surface area (Å²) in [4.78, 5) is 34.5. The van der Waals surface area contributed by atoms with E-state index in [1.54, 1.807) is 7.05 Å². The fraction of sp³-hybridized carbons (Fsp3) is 0.348. The molecule has 30 heavy (non-hydrogen) atoms. The fourth-order valence-electron chi connectivity index (χ4n) is 4.42. The van der Waals surface area contributed by atoms with Gasteiger partial charge in [0.2, 0.25) is 5.95 Å². The number of aromatic amines is 1. The average Bonchev–Trinajstić information content (AvgIpc) is 3.13. The summed E-state index contributed by atoms with van der Waals surface area (Å²) < 4.78 is 3.40. The molecule has 0 aliphatic carbocycles. The molecule has 2 aromatic carbocycles. The molecule has 2 aromatic heterocycles. The van der Waals surface area contributed by atoms with Crippen molar-refractivity contribution >= 4 is 27.9 Å². The van der Waals surface area contributed by atoms with Crippen molar-refractivity contribution < 1.29 is 0 Å². The maximum Gasteiger partial charge on any atom is 0.329 e. The number of hydrogen-bond donors (Lipinski definition) is 1. The number of H-pyrrole nitrogens is 1. The Morgan fingerprint density at radius 3 is 2.60 bits per heavy atom. The Kier molecular flexibility index (Phi) is 4.46. The molecule has 5 rings (SSSR count). The van der Waals surface area contributed by atoms with Crippen molar-refractivity contribution in [3.63, 3.8) is 0 Å². The lowest BCUT2D eigenvalue weighted by Crippen LogP contribution is -2.35. The van der Waals surface area contributed by atoms with Crippen molar-refractivity contribution in [3.05, 3.63) is 68.9 Å². The minimum Gasteiger partial charge on any atom is -0.342 e. The summed E-state index contributed by atoms with van der Waals surface area (Å²) in [5.74, 6) is 1.45. The number of hydrogen-bond acceptors (Lipinski definition) is 4. The maximum atomic E-state index is 12.8. The molecule has 7 heteroatoms. The monoisotopic (exact) mass is 403 g/mol. The molecule has 0 bridgehead atoms. The second-order valence-corrected chi connectivity index (χ2v) is 8.30. The molecule has 0 radical (unpaired) electrons. The Bertz CT molecular complexity index is 1350. The van der Waals surface area contributed by atoms with Crippen LogP contribution in [-0.2, 0) is 13.6 Å². The molecule has 1 fully saturated rings. The van der Waals surface area contributed by atoms with E-state index in [0.717, 1.165) is 48.2 Å². The van der Waals surface area contributed by atoms with Gasteiger partial charge in [0, 0.05) is 20.1 Å². The third-order valence-electron chi connectivity index (χ3n) is 6.26. The van der Waals surface area contributed by atoms with Crippen molar-refractivity contribution in [1.82, 2.24) is 19.1 Å². The topological polar surface area (TPSA) is 75.9 Å². The van der Waals surface area contributed by atoms with Crippen LogP contribution in [0, 0.1) is 5.92 Å². The van der Waals surface area contributed by atoms with E-state index in [1.807, 2.05) is 22.8 Å². The van der Waals surface area contributed by atoms with E-state index in [2.05, 4.69) is 41.1 Å². The minimum absolute atomic E-state index is 0.391. The molecule has 1 aliphatic rings. The fourth-order valence-corrected chi connectivity index (χ4v) is 4.42. The third kappa shape index (κ3) is 3.01. The number of anilines is 1. The summed E-state index contributed by atoms with van der Waals surface area (Å²) in [6.45, 7) is 4.57. The number of imidazole rings is 1. The smallest absolute Gasteiger partial charge is 0.329 e. The maximum absolute atomic E-state index is 12.8. The number of rotatable bonds is 3. The van der Waals surface area contributed by atoms with E-state index in [0.29, 0.717) is 23.6 Å². The first-order chi connectivity index (χ1) is 14.5. The van der Waals surface area contributed by atoms with Crippen LogP contribution in [0.2, 0.25) is 0 Å². The second kappa shape index (κ2) is 7.16. The molecule has 154 valence electrons. The van der Waals surface area contributed by atoms with Gasteiger partial charge in [-0.05, 0) is 35.1 Å². The van der Waals surface area contributed by atoms with E-state index in [4.69, 9.17) is 4.98 Å². The van der Waals surface area contributed by atoms with Crippen LogP contribution in [0.4, 0.5) is 5.95 Å². The molecular weight excluding hydrogens is 378 g/mol. The van der Waals surface area contributed by atoms with Crippen molar-refractivity contribution in [1.29, 1.82) is 0 Å². The Morgan fingerprint density at radius 1 is 1.07 bits per heavy atom. The zero-order valence-corrected chi connectivity index (χ0v) is 17.3. The summed E-state index contributed by atoms with van der Waals surface area (Å²) in [7, 11) is 1.65. The van der Waals surface area contributed by atoms with E-state index >= 15 is 0 Å². The summed E-state index contributed by atoms with van der Waals surface area (Å²) in [6.07, 6.45) is 2.18. The average molecular weight is 403 g/mol. The van der Waals surface area contributed by atoms with Crippen LogP contribution < -0.4 is 16.1 Å². The largest absolute Gasteiger partial charge is 0.342 e. The summed E-state index contributed by atoms with van der Waals surface area (Å²) in [5, 5.41) is 2.32. The van der Waals surface area contributed by atoms with Crippen molar-refractivity contribution in [2.75, 3.05) is 18.0 Å². The molecule has 0 unspecified atom stereocenters. The Labute approximate surface area is 173 Å². The van der Waals surface area contributed by atoms with Crippen LogP contribution in [-0.4, -0.2) is 32.2 Å². The predicted octanol–water partition coefficient (Wildman–Crippen LogP) is 2.86. The lowest BCUT2D eigenvalue weighted by Gasteiger charge is -2.31. The first-order valence-electron chi connectivity index (χ1n) is 10.4. The second-order valence-electron chi connectivity index (χ2n) is 8.30. The molecule has 0 saturated carbocycles. The van der Waals surface area contributed by atoms with Gasteiger partial charge in [-0.1, -0.05) is 49.4 Å². The first kappa shape index (κ1) is 18.7. The molecular formula is C23H25N5O2. The summed E-state index contributed by atoms with van der Waals surface area (Å²) in [6, 6.07) is 14.5. The molecule has 7 nitrogen and oxygen atoms in total. The molecule has 1 saturated heterocycles. The highest BCUT2D eigenvalue weighted by molar-refractivity contribution is 5.86. The molecule has 0 atom stereocenters.